The molecule has 18 heavy (non-hydrogen) atoms. The van der Waals surface area contributed by atoms with Crippen LogP contribution in [0.1, 0.15) is 0 Å². The molecule has 0 saturated heterocycles. The van der Waals surface area contributed by atoms with Gasteiger partial charge in [-0.1, -0.05) is 0 Å². The van der Waals surface area contributed by atoms with Gasteiger partial charge in [-0.25, -0.2) is 0 Å². The first-order valence-electron chi connectivity index (χ1n) is 5.25. The molecule has 0 bridgehead atoms. The summed E-state index contributed by atoms with van der Waals surface area (Å²) in [5.74, 6) is 1.82. The van der Waals surface area contributed by atoms with E-state index in [0.717, 1.165) is 11.5 Å². The van der Waals surface area contributed by atoms with Gasteiger partial charge in [0, 0.05) is 0 Å². The average Bonchev–Trinajstić information content (AvgIpc) is 2.40. The molecule has 0 aliphatic rings. The third-order valence-electron chi connectivity index (χ3n) is 2.32. The van der Waals surface area contributed by atoms with Crippen molar-refractivity contribution in [2.24, 2.45) is 0 Å². The standard InChI is InChI=1S/C14H14IO2.HI/c1-16-13-7-3-11(4-8-13)15-12-5-9-14(17-2)10-6-12;/h3-10H,1-2H3;1H/q+1;. The Labute approximate surface area is 135 Å². The quantitative estimate of drug-likeness (QED) is 0.607. The molecule has 0 aliphatic heterocycles. The lowest BCUT2D eigenvalue weighted by Gasteiger charge is -1.97. The highest BCUT2D eigenvalue weighted by atomic mass is 127. The van der Waals surface area contributed by atoms with Crippen LogP contribution in [0.2, 0.25) is 0 Å². The van der Waals surface area contributed by atoms with E-state index in [2.05, 4.69) is 24.3 Å². The lowest BCUT2D eigenvalue weighted by molar-refractivity contribution is -0.597. The molecule has 0 unspecified atom stereocenters. The molecule has 2 nitrogen and oxygen atoms in total. The number of methoxy groups -OCH3 is 2. The summed E-state index contributed by atoms with van der Waals surface area (Å²) in [6, 6.07) is 16.6. The molecular weight excluding hydrogens is 454 g/mol. The average molecular weight is 469 g/mol. The normalized spacial score (nSPS) is 9.44. The van der Waals surface area contributed by atoms with Gasteiger partial charge in [-0.15, -0.1) is 24.0 Å². The monoisotopic (exact) mass is 469 g/mol. The van der Waals surface area contributed by atoms with E-state index in [1.54, 1.807) is 14.2 Å². The first kappa shape index (κ1) is 15.6. The van der Waals surface area contributed by atoms with Crippen molar-refractivity contribution in [2.45, 2.75) is 0 Å². The number of hydrogen-bond donors (Lipinski definition) is 0. The lowest BCUT2D eigenvalue weighted by atomic mass is 10.3. The molecule has 0 aliphatic carbocycles. The van der Waals surface area contributed by atoms with Gasteiger partial charge in [0.05, 0.1) is 14.2 Å². The van der Waals surface area contributed by atoms with Crippen molar-refractivity contribution >= 4 is 24.0 Å². The minimum atomic E-state index is -0.119. The van der Waals surface area contributed by atoms with Gasteiger partial charge in [0.1, 0.15) is 11.5 Å². The van der Waals surface area contributed by atoms with Crippen LogP contribution in [0, 0.1) is 7.14 Å². The van der Waals surface area contributed by atoms with Crippen LogP contribution in [-0.2, 0) is 0 Å². The Kier molecular flexibility index (Phi) is 6.77. The number of rotatable bonds is 4. The van der Waals surface area contributed by atoms with Gasteiger partial charge in [0.15, 0.2) is 7.14 Å². The van der Waals surface area contributed by atoms with Gasteiger partial charge < -0.3 is 9.47 Å². The van der Waals surface area contributed by atoms with Crippen molar-refractivity contribution in [1.29, 1.82) is 0 Å². The largest absolute Gasteiger partial charge is 0.497 e. The highest BCUT2D eigenvalue weighted by molar-refractivity contribution is 14.0. The van der Waals surface area contributed by atoms with E-state index in [4.69, 9.17) is 9.47 Å². The molecule has 0 heterocycles. The van der Waals surface area contributed by atoms with Crippen LogP contribution in [0.3, 0.4) is 0 Å². The SMILES string of the molecule is COc1ccc([I+]c2ccc(OC)cc2)cc1.I. The van der Waals surface area contributed by atoms with E-state index in [0.29, 0.717) is 0 Å². The zero-order valence-corrected chi connectivity index (χ0v) is 14.7. The Morgan fingerprint density at radius 3 is 1.28 bits per heavy atom. The number of benzene rings is 2. The van der Waals surface area contributed by atoms with E-state index < -0.39 is 0 Å². The summed E-state index contributed by atoms with van der Waals surface area (Å²) < 4.78 is 13.1. The molecule has 0 fully saturated rings. The summed E-state index contributed by atoms with van der Waals surface area (Å²) in [4.78, 5) is 0. The van der Waals surface area contributed by atoms with Gasteiger partial charge in [0.2, 0.25) is 0 Å². The molecule has 2 rings (SSSR count). The molecule has 0 N–H and O–H groups in total. The Morgan fingerprint density at radius 2 is 1.00 bits per heavy atom. The maximum absolute atomic E-state index is 5.15. The molecule has 2 aromatic carbocycles. The highest BCUT2D eigenvalue weighted by Crippen LogP contribution is 2.07. The first-order chi connectivity index (χ1) is 8.31. The van der Waals surface area contributed by atoms with Crippen molar-refractivity contribution in [2.75, 3.05) is 14.2 Å². The van der Waals surface area contributed by atoms with Crippen molar-refractivity contribution in [3.8, 4) is 11.5 Å². The summed E-state index contributed by atoms with van der Waals surface area (Å²) in [6.07, 6.45) is 0. The summed E-state index contributed by atoms with van der Waals surface area (Å²) in [5, 5.41) is 0. The molecule has 0 amide bonds. The Morgan fingerprint density at radius 1 is 0.667 bits per heavy atom. The van der Waals surface area contributed by atoms with Crippen molar-refractivity contribution in [1.82, 2.24) is 0 Å². The first-order valence-corrected chi connectivity index (χ1v) is 7.40. The number of hydrogen-bond acceptors (Lipinski definition) is 2. The van der Waals surface area contributed by atoms with Gasteiger partial charge in [-0.2, -0.15) is 0 Å². The molecule has 0 spiro atoms. The van der Waals surface area contributed by atoms with Gasteiger partial charge >= 0.3 is 21.2 Å². The molecule has 0 saturated carbocycles. The van der Waals surface area contributed by atoms with E-state index >= 15 is 0 Å². The van der Waals surface area contributed by atoms with E-state index in [1.807, 2.05) is 24.3 Å². The van der Waals surface area contributed by atoms with Crippen molar-refractivity contribution in [3.05, 3.63) is 55.7 Å². The molecule has 0 atom stereocenters. The van der Waals surface area contributed by atoms with Crippen molar-refractivity contribution < 1.29 is 30.7 Å². The molecular formula is C14H15I2O2+. The fourth-order valence-electron chi connectivity index (χ4n) is 1.39. The molecule has 4 heteroatoms. The lowest BCUT2D eigenvalue weighted by Crippen LogP contribution is -3.61. The molecule has 2 aromatic rings. The summed E-state index contributed by atoms with van der Waals surface area (Å²) in [7, 11) is 3.38. The van der Waals surface area contributed by atoms with Gasteiger partial charge in [-0.3, -0.25) is 0 Å². The zero-order valence-electron chi connectivity index (χ0n) is 10.2. The van der Waals surface area contributed by atoms with Crippen LogP contribution in [0.15, 0.2) is 48.5 Å². The van der Waals surface area contributed by atoms with Crippen LogP contribution in [0.25, 0.3) is 0 Å². The Hall–Kier alpha value is -0.500. The third kappa shape index (κ3) is 4.31. The van der Waals surface area contributed by atoms with Gasteiger partial charge in [-0.05, 0) is 48.5 Å². The molecule has 96 valence electrons. The predicted molar refractivity (Wildman–Crippen MR) is 78.8 cm³/mol. The summed E-state index contributed by atoms with van der Waals surface area (Å²) in [6.45, 7) is 0. The van der Waals surface area contributed by atoms with E-state index in [9.17, 15) is 0 Å². The van der Waals surface area contributed by atoms with Crippen LogP contribution >= 0.6 is 24.0 Å². The topological polar surface area (TPSA) is 18.5 Å². The van der Waals surface area contributed by atoms with Crippen LogP contribution < -0.4 is 30.7 Å². The van der Waals surface area contributed by atoms with Gasteiger partial charge in [0.25, 0.3) is 0 Å². The second-order valence-corrected chi connectivity index (χ2v) is 6.44. The third-order valence-corrected chi connectivity index (χ3v) is 5.00. The predicted octanol–water partition coefficient (Wildman–Crippen LogP) is 0.450. The van der Waals surface area contributed by atoms with Crippen molar-refractivity contribution in [3.63, 3.8) is 0 Å². The van der Waals surface area contributed by atoms with E-state index in [1.165, 1.54) is 7.14 Å². The fraction of sp³-hybridized carbons (Fsp3) is 0.143. The smallest absolute Gasteiger partial charge is 0.357 e. The summed E-state index contributed by atoms with van der Waals surface area (Å²) in [5.41, 5.74) is 0. The Bertz CT molecular complexity index is 421. The second kappa shape index (κ2) is 7.83. The highest BCUT2D eigenvalue weighted by Gasteiger charge is 2.15. The molecule has 0 radical (unpaired) electrons. The second-order valence-electron chi connectivity index (χ2n) is 3.41. The minimum Gasteiger partial charge on any atom is -0.497 e. The maximum atomic E-state index is 5.15. The fourth-order valence-corrected chi connectivity index (χ4v) is 3.55. The number of halogens is 2. The van der Waals surface area contributed by atoms with Crippen LogP contribution in [-0.4, -0.2) is 14.2 Å². The molecule has 0 aromatic heterocycles. The van der Waals surface area contributed by atoms with E-state index in [-0.39, 0.29) is 45.2 Å². The Balaban J connectivity index is 0.00000162. The van der Waals surface area contributed by atoms with Crippen LogP contribution in [0.4, 0.5) is 0 Å². The minimum absolute atomic E-state index is 0. The zero-order chi connectivity index (χ0) is 12.1. The van der Waals surface area contributed by atoms with Crippen LogP contribution in [0.5, 0.6) is 11.5 Å². The number of ether oxygens (including phenoxy) is 2. The summed E-state index contributed by atoms with van der Waals surface area (Å²) >= 11 is -0.119. The maximum Gasteiger partial charge on any atom is 0.357 e.